The zero-order valence-corrected chi connectivity index (χ0v) is 34.9. The van der Waals surface area contributed by atoms with Gasteiger partial charge in [-0.05, 0) is 75.8 Å². The summed E-state index contributed by atoms with van der Waals surface area (Å²) in [4.78, 5) is 30.6. The number of nitrogens with one attached hydrogen (secondary N) is 3. The number of nitrogens with two attached hydrogens (primary N) is 1. The van der Waals surface area contributed by atoms with Crippen molar-refractivity contribution in [1.29, 1.82) is 0 Å². The van der Waals surface area contributed by atoms with Gasteiger partial charge in [-0.15, -0.1) is 0 Å². The third-order valence-electron chi connectivity index (χ3n) is 10.5. The Bertz CT molecular complexity index is 1840. The van der Waals surface area contributed by atoms with E-state index in [2.05, 4.69) is 34.1 Å². The summed E-state index contributed by atoms with van der Waals surface area (Å²) in [5, 5.41) is 32.6. The van der Waals surface area contributed by atoms with Crippen molar-refractivity contribution >= 4 is 49.0 Å². The highest BCUT2D eigenvalue weighted by Crippen LogP contribution is 2.40. The number of rotatable bonds is 23. The molecule has 17 heteroatoms. The number of hydrogen-bond acceptors (Lipinski definition) is 11. The molecule has 1 unspecified atom stereocenters. The van der Waals surface area contributed by atoms with E-state index in [-0.39, 0.29) is 33.5 Å². The fraction of sp³-hybridized carbons (Fsp3) is 0.641. The third-order valence-corrected chi connectivity index (χ3v) is 13.0. The average molecular weight is 822 g/mol. The normalized spacial score (nSPS) is 16.5. The second-order valence-corrected chi connectivity index (χ2v) is 18.0. The molecule has 2 saturated heterocycles. The molecule has 0 spiro atoms. The van der Waals surface area contributed by atoms with Gasteiger partial charge in [0, 0.05) is 76.2 Å². The van der Waals surface area contributed by atoms with E-state index in [4.69, 9.17) is 5.14 Å². The van der Waals surface area contributed by atoms with Crippen LogP contribution in [0.25, 0.3) is 0 Å². The molecule has 7 N–H and O–H groups in total. The predicted octanol–water partition coefficient (Wildman–Crippen LogP) is 4.73. The zero-order valence-electron chi connectivity index (χ0n) is 33.3. The van der Waals surface area contributed by atoms with E-state index in [1.807, 2.05) is 16.7 Å². The van der Waals surface area contributed by atoms with Crippen LogP contribution in [0.15, 0.2) is 34.1 Å². The first-order valence-corrected chi connectivity index (χ1v) is 23.3. The van der Waals surface area contributed by atoms with Crippen molar-refractivity contribution in [2.24, 2.45) is 5.14 Å². The van der Waals surface area contributed by atoms with Gasteiger partial charge in [-0.1, -0.05) is 46.5 Å². The number of nitrogens with zero attached hydrogens (tertiary/aromatic N) is 3. The number of hydrogen-bond donors (Lipinski definition) is 6. The molecule has 4 rings (SSSR count). The number of unbranched alkanes of at least 4 members (excludes halogenated alkanes) is 4. The molecule has 2 aliphatic heterocycles. The largest absolute Gasteiger partial charge is 0.478 e. The van der Waals surface area contributed by atoms with Crippen molar-refractivity contribution < 1.29 is 36.6 Å². The van der Waals surface area contributed by atoms with Crippen LogP contribution in [0.1, 0.15) is 124 Å². The summed E-state index contributed by atoms with van der Waals surface area (Å²) in [6, 6.07) is 5.23. The van der Waals surface area contributed by atoms with E-state index in [1.54, 1.807) is 6.07 Å². The number of carboxylic acids is 2. The van der Waals surface area contributed by atoms with Gasteiger partial charge in [-0.3, -0.25) is 0 Å². The van der Waals surface area contributed by atoms with Crippen molar-refractivity contribution in [2.45, 2.75) is 107 Å². The van der Waals surface area contributed by atoms with Gasteiger partial charge in [0.15, 0.2) is 0 Å². The number of anilines is 3. The van der Waals surface area contributed by atoms with Crippen LogP contribution in [0.5, 0.6) is 0 Å². The molecule has 0 aliphatic carbocycles. The highest BCUT2D eigenvalue weighted by Gasteiger charge is 2.32. The first-order chi connectivity index (χ1) is 26.7. The molecule has 0 radical (unpaired) electrons. The first-order valence-electron chi connectivity index (χ1n) is 20.3. The number of primary sulfonamides is 1. The minimum Gasteiger partial charge on any atom is -0.478 e. The van der Waals surface area contributed by atoms with Gasteiger partial charge in [-0.25, -0.2) is 36.3 Å². The van der Waals surface area contributed by atoms with E-state index in [9.17, 15) is 36.6 Å². The molecule has 1 atom stereocenters. The number of piperazine rings is 1. The lowest BCUT2D eigenvalue weighted by Crippen LogP contribution is -2.45. The lowest BCUT2D eigenvalue weighted by atomic mass is 9.94. The Morgan fingerprint density at radius 2 is 1.30 bits per heavy atom. The summed E-state index contributed by atoms with van der Waals surface area (Å²) >= 11 is 0. The van der Waals surface area contributed by atoms with E-state index < -0.39 is 32.0 Å². The Morgan fingerprint density at radius 3 is 1.82 bits per heavy atom. The Labute approximate surface area is 333 Å². The third kappa shape index (κ3) is 12.0. The second-order valence-electron chi connectivity index (χ2n) is 14.8. The first kappa shape index (κ1) is 45.2. The number of aromatic carboxylic acids is 2. The summed E-state index contributed by atoms with van der Waals surface area (Å²) in [6.45, 7) is 11.7. The molecule has 0 amide bonds. The van der Waals surface area contributed by atoms with Gasteiger partial charge >= 0.3 is 11.9 Å². The van der Waals surface area contributed by atoms with Gasteiger partial charge in [0.2, 0.25) is 20.0 Å². The van der Waals surface area contributed by atoms with Crippen LogP contribution in [0.3, 0.4) is 0 Å². The predicted molar refractivity (Wildman–Crippen MR) is 221 cm³/mol. The second kappa shape index (κ2) is 21.3. The van der Waals surface area contributed by atoms with Crippen molar-refractivity contribution in [3.8, 4) is 0 Å². The molecule has 15 nitrogen and oxygen atoms in total. The number of sulfonamides is 2. The number of carboxylic acid groups (broad SMARTS) is 2. The molecule has 2 aromatic carbocycles. The van der Waals surface area contributed by atoms with E-state index in [1.165, 1.54) is 12.1 Å². The molecule has 0 aromatic heterocycles. The maximum absolute atomic E-state index is 14.3. The fourth-order valence-electron chi connectivity index (χ4n) is 7.51. The fourth-order valence-corrected chi connectivity index (χ4v) is 9.70. The molecule has 0 bridgehead atoms. The Hall–Kier alpha value is -3.48. The van der Waals surface area contributed by atoms with Crippen LogP contribution in [-0.2, 0) is 20.0 Å². The molecule has 2 heterocycles. The average Bonchev–Trinajstić information content (AvgIpc) is 3.18. The molecule has 2 aromatic rings. The molecular formula is C39H63N7O8S2. The lowest BCUT2D eigenvalue weighted by molar-refractivity contribution is 0.0685. The van der Waals surface area contributed by atoms with Crippen LogP contribution < -0.4 is 35.2 Å². The topological polar surface area (TPSA) is 215 Å². The van der Waals surface area contributed by atoms with Gasteiger partial charge in [0.1, 0.15) is 4.90 Å². The molecule has 314 valence electrons. The van der Waals surface area contributed by atoms with Gasteiger partial charge in [-0.2, -0.15) is 0 Å². The zero-order chi connectivity index (χ0) is 40.9. The van der Waals surface area contributed by atoms with Gasteiger partial charge < -0.3 is 35.5 Å². The number of benzene rings is 2. The van der Waals surface area contributed by atoms with Crippen molar-refractivity contribution in [3.05, 3.63) is 41.0 Å². The quantitative estimate of drug-likeness (QED) is 0.0838. The van der Waals surface area contributed by atoms with E-state index >= 15 is 0 Å². The molecule has 2 aliphatic rings. The standard InChI is InChI=1S/C39H63N7O8S2/c1-4-7-19-44(32-25-29(38(47)48)27-34(55(40,51)52)36(32)31-14-10-11-15-42-31)22-13-12-16-43-56(53,54)35-28-30(39(49)50)26-33(37(35)46-23-17-41-18-24-46)45(20-8-5-2)21-9-6-3/h25-28,31,41-43H,4-24H2,1-3H3,(H,47,48)(H,49,50)(H2,40,51,52). The highest BCUT2D eigenvalue weighted by atomic mass is 32.2. The smallest absolute Gasteiger partial charge is 0.335 e. The van der Waals surface area contributed by atoms with Crippen molar-refractivity contribution in [1.82, 2.24) is 15.4 Å². The summed E-state index contributed by atoms with van der Waals surface area (Å²) in [6.07, 6.45) is 8.61. The van der Waals surface area contributed by atoms with Crippen LogP contribution in [0.4, 0.5) is 17.1 Å². The Balaban J connectivity index is 1.65. The Morgan fingerprint density at radius 1 is 0.768 bits per heavy atom. The summed E-state index contributed by atoms with van der Waals surface area (Å²) in [5.74, 6) is -2.47. The highest BCUT2D eigenvalue weighted by molar-refractivity contribution is 7.89. The molecular weight excluding hydrogens is 759 g/mol. The van der Waals surface area contributed by atoms with E-state index in [0.29, 0.717) is 101 Å². The van der Waals surface area contributed by atoms with Crippen molar-refractivity contribution in [3.63, 3.8) is 0 Å². The van der Waals surface area contributed by atoms with Gasteiger partial charge in [0.05, 0.1) is 27.4 Å². The molecule has 56 heavy (non-hydrogen) atoms. The van der Waals surface area contributed by atoms with Crippen LogP contribution in [0.2, 0.25) is 0 Å². The minimum atomic E-state index is -4.28. The maximum Gasteiger partial charge on any atom is 0.335 e. The number of piperidine rings is 1. The van der Waals surface area contributed by atoms with Crippen LogP contribution in [-0.4, -0.2) is 104 Å². The minimum absolute atomic E-state index is 0.0532. The van der Waals surface area contributed by atoms with Gasteiger partial charge in [0.25, 0.3) is 0 Å². The lowest BCUT2D eigenvalue weighted by Gasteiger charge is -2.36. The van der Waals surface area contributed by atoms with E-state index in [0.717, 1.165) is 57.4 Å². The summed E-state index contributed by atoms with van der Waals surface area (Å²) in [7, 11) is -8.47. The number of carbonyl (C=O) groups is 2. The van der Waals surface area contributed by atoms with Crippen LogP contribution >= 0.6 is 0 Å². The monoisotopic (exact) mass is 821 g/mol. The van der Waals surface area contributed by atoms with Crippen molar-refractivity contribution in [2.75, 3.05) is 80.1 Å². The maximum atomic E-state index is 14.3. The Kier molecular flexibility index (Phi) is 17.2. The van der Waals surface area contributed by atoms with Crippen LogP contribution in [0, 0.1) is 0 Å². The molecule has 2 fully saturated rings. The summed E-state index contributed by atoms with van der Waals surface area (Å²) in [5.41, 5.74) is 1.84. The summed E-state index contributed by atoms with van der Waals surface area (Å²) < 4.78 is 57.2. The SMILES string of the molecule is CCCCN(CCCCNS(=O)(=O)c1cc(C(=O)O)cc(N(CCCC)CCCC)c1N1CCNCC1)c1cc(C(=O)O)cc(S(N)(=O)=O)c1C1CCCCN1. The molecule has 0 saturated carbocycles.